The summed E-state index contributed by atoms with van der Waals surface area (Å²) in [6.45, 7) is 7.04. The predicted octanol–water partition coefficient (Wildman–Crippen LogP) is 3.16. The molecule has 2 nitrogen and oxygen atoms in total. The Morgan fingerprint density at radius 2 is 1.88 bits per heavy atom. The standard InChI is InChI=1S/C13H22O2Si/c1-16(2,3)8-4-5-11-6-7-13(15)12(9-11)10-14/h6-7,9,14-15H,4-5,8,10H2,1-3H3. The van der Waals surface area contributed by atoms with Crippen molar-refractivity contribution >= 4 is 8.07 Å². The van der Waals surface area contributed by atoms with E-state index in [0.717, 1.165) is 6.42 Å². The summed E-state index contributed by atoms with van der Waals surface area (Å²) in [5, 5.41) is 18.5. The van der Waals surface area contributed by atoms with E-state index in [4.69, 9.17) is 5.11 Å². The van der Waals surface area contributed by atoms with Crippen LogP contribution in [0, 0.1) is 0 Å². The minimum Gasteiger partial charge on any atom is -0.508 e. The molecule has 0 saturated carbocycles. The van der Waals surface area contributed by atoms with E-state index >= 15 is 0 Å². The van der Waals surface area contributed by atoms with Crippen molar-refractivity contribution in [3.8, 4) is 5.75 Å². The molecular weight excluding hydrogens is 216 g/mol. The van der Waals surface area contributed by atoms with Crippen LogP contribution in [0.25, 0.3) is 0 Å². The fourth-order valence-corrected chi connectivity index (χ4v) is 2.98. The van der Waals surface area contributed by atoms with Crippen molar-refractivity contribution in [3.05, 3.63) is 29.3 Å². The van der Waals surface area contributed by atoms with E-state index in [9.17, 15) is 5.11 Å². The van der Waals surface area contributed by atoms with Crippen LogP contribution in [0.4, 0.5) is 0 Å². The van der Waals surface area contributed by atoms with Gasteiger partial charge >= 0.3 is 0 Å². The molecule has 3 heteroatoms. The zero-order valence-corrected chi connectivity index (χ0v) is 11.5. The molecule has 0 unspecified atom stereocenters. The van der Waals surface area contributed by atoms with Gasteiger partial charge in [0.25, 0.3) is 0 Å². The van der Waals surface area contributed by atoms with E-state index in [-0.39, 0.29) is 12.4 Å². The molecule has 0 aliphatic carbocycles. The minimum absolute atomic E-state index is 0.0896. The Bertz CT molecular complexity index is 342. The van der Waals surface area contributed by atoms with Gasteiger partial charge in [-0.05, 0) is 24.1 Å². The molecule has 0 aliphatic heterocycles. The van der Waals surface area contributed by atoms with E-state index < -0.39 is 8.07 Å². The van der Waals surface area contributed by atoms with Crippen LogP contribution in [0.15, 0.2) is 18.2 Å². The Morgan fingerprint density at radius 3 is 2.44 bits per heavy atom. The highest BCUT2D eigenvalue weighted by molar-refractivity contribution is 6.76. The third-order valence-electron chi connectivity index (χ3n) is 2.71. The molecule has 2 N–H and O–H groups in total. The van der Waals surface area contributed by atoms with Gasteiger partial charge in [0, 0.05) is 13.6 Å². The highest BCUT2D eigenvalue weighted by Gasteiger charge is 2.12. The molecule has 0 fully saturated rings. The normalized spacial score (nSPS) is 11.8. The molecule has 0 amide bonds. The average molecular weight is 238 g/mol. The molecule has 0 aromatic heterocycles. The quantitative estimate of drug-likeness (QED) is 0.774. The van der Waals surface area contributed by atoms with Gasteiger partial charge in [-0.2, -0.15) is 0 Å². The van der Waals surface area contributed by atoms with Crippen molar-refractivity contribution in [2.24, 2.45) is 0 Å². The summed E-state index contributed by atoms with van der Waals surface area (Å²) in [5.41, 5.74) is 1.84. The first kappa shape index (κ1) is 13.3. The summed E-state index contributed by atoms with van der Waals surface area (Å²) in [5.74, 6) is 0.191. The largest absolute Gasteiger partial charge is 0.508 e. The summed E-state index contributed by atoms with van der Waals surface area (Å²) >= 11 is 0. The fraction of sp³-hybridized carbons (Fsp3) is 0.538. The lowest BCUT2D eigenvalue weighted by atomic mass is 10.1. The third-order valence-corrected chi connectivity index (χ3v) is 4.56. The maximum Gasteiger partial charge on any atom is 0.121 e. The maximum absolute atomic E-state index is 9.44. The molecule has 0 atom stereocenters. The summed E-state index contributed by atoms with van der Waals surface area (Å²) in [4.78, 5) is 0. The highest BCUT2D eigenvalue weighted by Crippen LogP contribution is 2.20. The molecule has 0 heterocycles. The van der Waals surface area contributed by atoms with Gasteiger partial charge in [0.05, 0.1) is 6.61 Å². The highest BCUT2D eigenvalue weighted by atomic mass is 28.3. The van der Waals surface area contributed by atoms with Crippen molar-refractivity contribution in [1.82, 2.24) is 0 Å². The molecule has 16 heavy (non-hydrogen) atoms. The van der Waals surface area contributed by atoms with Gasteiger partial charge < -0.3 is 10.2 Å². The first-order valence-corrected chi connectivity index (χ1v) is 9.55. The van der Waals surface area contributed by atoms with Crippen molar-refractivity contribution in [2.75, 3.05) is 0 Å². The van der Waals surface area contributed by atoms with Crippen molar-refractivity contribution in [3.63, 3.8) is 0 Å². The Labute approximate surface area is 99.0 Å². The molecule has 1 rings (SSSR count). The van der Waals surface area contributed by atoms with E-state index in [1.54, 1.807) is 6.07 Å². The number of phenols is 1. The molecule has 0 spiro atoms. The molecule has 1 aromatic carbocycles. The summed E-state index contributed by atoms with van der Waals surface area (Å²) in [6.07, 6.45) is 2.24. The van der Waals surface area contributed by atoms with Gasteiger partial charge in [0.1, 0.15) is 5.75 Å². The Morgan fingerprint density at radius 1 is 1.19 bits per heavy atom. The third kappa shape index (κ3) is 4.37. The van der Waals surface area contributed by atoms with E-state index in [2.05, 4.69) is 19.6 Å². The smallest absolute Gasteiger partial charge is 0.121 e. The molecule has 1 aromatic rings. The van der Waals surface area contributed by atoms with Gasteiger partial charge in [-0.15, -0.1) is 0 Å². The Kier molecular flexibility index (Phi) is 4.56. The number of aliphatic hydroxyl groups excluding tert-OH is 1. The maximum atomic E-state index is 9.44. The second-order valence-electron chi connectivity index (χ2n) is 5.54. The van der Waals surface area contributed by atoms with Crippen LogP contribution in [0.5, 0.6) is 5.75 Å². The monoisotopic (exact) mass is 238 g/mol. The summed E-state index contributed by atoms with van der Waals surface area (Å²) in [6, 6.07) is 6.84. The summed E-state index contributed by atoms with van der Waals surface area (Å²) < 4.78 is 0. The molecule has 0 bridgehead atoms. The molecule has 0 saturated heterocycles. The fourth-order valence-electron chi connectivity index (χ4n) is 1.74. The van der Waals surface area contributed by atoms with E-state index in [1.165, 1.54) is 18.0 Å². The Hall–Kier alpha value is -0.803. The van der Waals surface area contributed by atoms with Crippen LogP contribution < -0.4 is 0 Å². The number of hydrogen-bond donors (Lipinski definition) is 2. The Balaban J connectivity index is 2.55. The van der Waals surface area contributed by atoms with Crippen LogP contribution in [-0.4, -0.2) is 18.3 Å². The van der Waals surface area contributed by atoms with Crippen LogP contribution in [0.2, 0.25) is 25.7 Å². The first-order chi connectivity index (χ1) is 7.42. The predicted molar refractivity (Wildman–Crippen MR) is 70.5 cm³/mol. The summed E-state index contributed by atoms with van der Waals surface area (Å²) in [7, 11) is -0.943. The number of hydrogen-bond acceptors (Lipinski definition) is 2. The number of aromatic hydroxyl groups is 1. The second-order valence-corrected chi connectivity index (χ2v) is 11.2. The van der Waals surface area contributed by atoms with Gasteiger partial charge in [-0.25, -0.2) is 0 Å². The average Bonchev–Trinajstić information content (AvgIpc) is 2.18. The lowest BCUT2D eigenvalue weighted by Gasteiger charge is -2.15. The SMILES string of the molecule is C[Si](C)(C)CCCc1ccc(O)c(CO)c1. The minimum atomic E-state index is -0.943. The number of aryl methyl sites for hydroxylation is 1. The first-order valence-electron chi connectivity index (χ1n) is 5.84. The van der Waals surface area contributed by atoms with Crippen LogP contribution in [0.1, 0.15) is 17.5 Å². The lowest BCUT2D eigenvalue weighted by molar-refractivity contribution is 0.275. The second kappa shape index (κ2) is 5.50. The molecular formula is C13H22O2Si. The van der Waals surface area contributed by atoms with Crippen molar-refractivity contribution < 1.29 is 10.2 Å². The van der Waals surface area contributed by atoms with Crippen LogP contribution in [0.3, 0.4) is 0 Å². The zero-order chi connectivity index (χ0) is 12.2. The number of aliphatic hydroxyl groups is 1. The van der Waals surface area contributed by atoms with Gasteiger partial charge in [-0.1, -0.05) is 38.2 Å². The van der Waals surface area contributed by atoms with E-state index in [1.807, 2.05) is 12.1 Å². The number of benzene rings is 1. The zero-order valence-electron chi connectivity index (χ0n) is 10.5. The lowest BCUT2D eigenvalue weighted by Crippen LogP contribution is -2.18. The molecule has 0 aliphatic rings. The number of rotatable bonds is 5. The van der Waals surface area contributed by atoms with Crippen LogP contribution in [-0.2, 0) is 13.0 Å². The topological polar surface area (TPSA) is 40.5 Å². The van der Waals surface area contributed by atoms with Gasteiger partial charge in [0.15, 0.2) is 0 Å². The molecule has 90 valence electrons. The van der Waals surface area contributed by atoms with Gasteiger partial charge in [-0.3, -0.25) is 0 Å². The van der Waals surface area contributed by atoms with Crippen molar-refractivity contribution in [2.45, 2.75) is 45.1 Å². The van der Waals surface area contributed by atoms with Crippen LogP contribution >= 0.6 is 0 Å². The van der Waals surface area contributed by atoms with E-state index in [0.29, 0.717) is 5.56 Å². The van der Waals surface area contributed by atoms with Gasteiger partial charge in [0.2, 0.25) is 0 Å². The molecule has 0 radical (unpaired) electrons. The van der Waals surface area contributed by atoms with Crippen molar-refractivity contribution in [1.29, 1.82) is 0 Å².